The number of benzene rings is 1. The van der Waals surface area contributed by atoms with Crippen molar-refractivity contribution in [3.63, 3.8) is 0 Å². The lowest BCUT2D eigenvalue weighted by Gasteiger charge is -2.14. The number of urea groups is 1. The standard InChI is InChI=1S/C11H15N3O4S/c12-19(16,17)10-3-1-9(2-4-10)18-8-7-14-6-5-13-11(14)15/h1-4H,5-8H2,(H,13,15)(H2,12,16,17). The molecule has 0 atom stereocenters. The number of amides is 2. The molecule has 1 aromatic carbocycles. The van der Waals surface area contributed by atoms with E-state index >= 15 is 0 Å². The molecule has 0 unspecified atom stereocenters. The quantitative estimate of drug-likeness (QED) is 0.778. The highest BCUT2D eigenvalue weighted by Crippen LogP contribution is 2.14. The van der Waals surface area contributed by atoms with Crippen LogP contribution in [0.25, 0.3) is 0 Å². The fraction of sp³-hybridized carbons (Fsp3) is 0.364. The van der Waals surface area contributed by atoms with Crippen LogP contribution in [0.15, 0.2) is 29.2 Å². The van der Waals surface area contributed by atoms with Crippen LogP contribution >= 0.6 is 0 Å². The fourth-order valence-electron chi connectivity index (χ4n) is 1.72. The molecule has 1 aromatic rings. The number of primary sulfonamides is 1. The van der Waals surface area contributed by atoms with Gasteiger partial charge in [-0.1, -0.05) is 0 Å². The summed E-state index contributed by atoms with van der Waals surface area (Å²) in [7, 11) is -3.68. The zero-order chi connectivity index (χ0) is 13.9. The summed E-state index contributed by atoms with van der Waals surface area (Å²) in [5.41, 5.74) is 0. The molecule has 1 aliphatic rings. The van der Waals surface area contributed by atoms with Gasteiger partial charge in [-0.3, -0.25) is 0 Å². The Morgan fingerprint density at radius 2 is 2.00 bits per heavy atom. The first-order chi connectivity index (χ1) is 8.97. The SMILES string of the molecule is NS(=O)(=O)c1ccc(OCCN2CCNC2=O)cc1. The molecule has 2 rings (SSSR count). The second-order valence-corrected chi connectivity index (χ2v) is 5.65. The van der Waals surface area contributed by atoms with Crippen LogP contribution in [0.3, 0.4) is 0 Å². The third-order valence-corrected chi connectivity index (χ3v) is 3.66. The van der Waals surface area contributed by atoms with Crippen LogP contribution in [0.2, 0.25) is 0 Å². The number of nitrogens with one attached hydrogen (secondary N) is 1. The average Bonchev–Trinajstić information content (AvgIpc) is 2.75. The fourth-order valence-corrected chi connectivity index (χ4v) is 2.24. The molecule has 0 bridgehead atoms. The summed E-state index contributed by atoms with van der Waals surface area (Å²) in [6.07, 6.45) is 0. The smallest absolute Gasteiger partial charge is 0.317 e. The van der Waals surface area contributed by atoms with Gasteiger partial charge in [-0.25, -0.2) is 18.4 Å². The molecule has 8 heteroatoms. The summed E-state index contributed by atoms with van der Waals surface area (Å²) in [5.74, 6) is 0.534. The van der Waals surface area contributed by atoms with Crippen LogP contribution in [0.4, 0.5) is 4.79 Å². The summed E-state index contributed by atoms with van der Waals surface area (Å²) < 4.78 is 27.5. The van der Waals surface area contributed by atoms with Crippen molar-refractivity contribution in [2.24, 2.45) is 5.14 Å². The van der Waals surface area contributed by atoms with Gasteiger partial charge in [-0.15, -0.1) is 0 Å². The molecular weight excluding hydrogens is 270 g/mol. The van der Waals surface area contributed by atoms with Crippen LogP contribution in [0.1, 0.15) is 0 Å². The summed E-state index contributed by atoms with van der Waals surface area (Å²) in [4.78, 5) is 12.9. The first kappa shape index (κ1) is 13.6. The Bertz CT molecular complexity index is 556. The number of carbonyl (C=O) groups excluding carboxylic acids is 1. The number of hydrogen-bond acceptors (Lipinski definition) is 4. The minimum atomic E-state index is -3.68. The van der Waals surface area contributed by atoms with E-state index in [4.69, 9.17) is 9.88 Å². The molecule has 1 fully saturated rings. The normalized spacial score (nSPS) is 15.4. The van der Waals surface area contributed by atoms with E-state index in [9.17, 15) is 13.2 Å². The van der Waals surface area contributed by atoms with E-state index in [2.05, 4.69) is 5.32 Å². The van der Waals surface area contributed by atoms with Crippen molar-refractivity contribution < 1.29 is 17.9 Å². The topological polar surface area (TPSA) is 102 Å². The van der Waals surface area contributed by atoms with E-state index in [1.54, 1.807) is 4.90 Å². The molecule has 0 aliphatic carbocycles. The van der Waals surface area contributed by atoms with Crippen LogP contribution in [-0.4, -0.2) is 45.6 Å². The monoisotopic (exact) mass is 285 g/mol. The molecule has 0 saturated carbocycles. The second kappa shape index (κ2) is 5.45. The van der Waals surface area contributed by atoms with Gasteiger partial charge in [0.2, 0.25) is 10.0 Å². The van der Waals surface area contributed by atoms with Crippen molar-refractivity contribution >= 4 is 16.1 Å². The maximum atomic E-state index is 11.3. The molecule has 1 heterocycles. The second-order valence-electron chi connectivity index (χ2n) is 4.08. The van der Waals surface area contributed by atoms with Gasteiger partial charge in [-0.2, -0.15) is 0 Å². The van der Waals surface area contributed by atoms with Crippen molar-refractivity contribution in [3.8, 4) is 5.75 Å². The molecule has 0 aromatic heterocycles. The Morgan fingerprint density at radius 3 is 2.53 bits per heavy atom. The largest absolute Gasteiger partial charge is 0.492 e. The van der Waals surface area contributed by atoms with Gasteiger partial charge in [0.25, 0.3) is 0 Å². The predicted octanol–water partition coefficient (Wildman–Crippen LogP) is -0.262. The summed E-state index contributed by atoms with van der Waals surface area (Å²) in [6, 6.07) is 5.74. The maximum Gasteiger partial charge on any atom is 0.317 e. The Kier molecular flexibility index (Phi) is 3.91. The first-order valence-electron chi connectivity index (χ1n) is 5.75. The molecule has 0 radical (unpaired) electrons. The third-order valence-electron chi connectivity index (χ3n) is 2.73. The molecule has 19 heavy (non-hydrogen) atoms. The molecule has 1 saturated heterocycles. The predicted molar refractivity (Wildman–Crippen MR) is 68.3 cm³/mol. The van der Waals surface area contributed by atoms with Crippen LogP contribution in [0, 0.1) is 0 Å². The number of nitrogens with two attached hydrogens (primary N) is 1. The third kappa shape index (κ3) is 3.58. The van der Waals surface area contributed by atoms with E-state index in [0.29, 0.717) is 32.0 Å². The lowest BCUT2D eigenvalue weighted by Crippen LogP contribution is -2.31. The van der Waals surface area contributed by atoms with E-state index in [1.807, 2.05) is 0 Å². The van der Waals surface area contributed by atoms with Gasteiger partial charge in [0, 0.05) is 13.1 Å². The minimum Gasteiger partial charge on any atom is -0.492 e. The molecule has 0 spiro atoms. The minimum absolute atomic E-state index is 0.0405. The molecule has 104 valence electrons. The maximum absolute atomic E-state index is 11.3. The van der Waals surface area contributed by atoms with Crippen LogP contribution in [-0.2, 0) is 10.0 Å². The van der Waals surface area contributed by atoms with E-state index in [-0.39, 0.29) is 10.9 Å². The Labute approximate surface area is 111 Å². The number of hydrogen-bond donors (Lipinski definition) is 2. The van der Waals surface area contributed by atoms with E-state index < -0.39 is 10.0 Å². The summed E-state index contributed by atoms with van der Waals surface area (Å²) in [6.45, 7) is 2.17. The van der Waals surface area contributed by atoms with Crippen molar-refractivity contribution in [3.05, 3.63) is 24.3 Å². The first-order valence-corrected chi connectivity index (χ1v) is 7.30. The molecule has 1 aliphatic heterocycles. The lowest BCUT2D eigenvalue weighted by molar-refractivity contribution is 0.202. The van der Waals surface area contributed by atoms with Gasteiger partial charge >= 0.3 is 6.03 Å². The highest BCUT2D eigenvalue weighted by Gasteiger charge is 2.18. The number of carbonyl (C=O) groups is 1. The number of ether oxygens (including phenoxy) is 1. The number of rotatable bonds is 5. The van der Waals surface area contributed by atoms with Gasteiger partial charge < -0.3 is 15.0 Å². The van der Waals surface area contributed by atoms with Gasteiger partial charge in [-0.05, 0) is 24.3 Å². The van der Waals surface area contributed by atoms with E-state index in [1.165, 1.54) is 24.3 Å². The molecule has 2 amide bonds. The summed E-state index contributed by atoms with van der Waals surface area (Å²) in [5, 5.41) is 7.68. The zero-order valence-corrected chi connectivity index (χ0v) is 11.0. The van der Waals surface area contributed by atoms with Crippen molar-refractivity contribution in [1.29, 1.82) is 0 Å². The van der Waals surface area contributed by atoms with Crippen LogP contribution < -0.4 is 15.2 Å². The Hall–Kier alpha value is -1.80. The Morgan fingerprint density at radius 1 is 1.32 bits per heavy atom. The molecule has 3 N–H and O–H groups in total. The Balaban J connectivity index is 1.85. The molecular formula is C11H15N3O4S. The van der Waals surface area contributed by atoms with Crippen molar-refractivity contribution in [2.75, 3.05) is 26.2 Å². The van der Waals surface area contributed by atoms with Gasteiger partial charge in [0.15, 0.2) is 0 Å². The van der Waals surface area contributed by atoms with E-state index in [0.717, 1.165) is 0 Å². The highest BCUT2D eigenvalue weighted by atomic mass is 32.2. The zero-order valence-electron chi connectivity index (χ0n) is 10.2. The summed E-state index contributed by atoms with van der Waals surface area (Å²) >= 11 is 0. The van der Waals surface area contributed by atoms with Gasteiger partial charge in [0.1, 0.15) is 12.4 Å². The lowest BCUT2D eigenvalue weighted by atomic mass is 10.3. The number of sulfonamides is 1. The van der Waals surface area contributed by atoms with Crippen molar-refractivity contribution in [2.45, 2.75) is 4.90 Å². The van der Waals surface area contributed by atoms with Crippen molar-refractivity contribution in [1.82, 2.24) is 10.2 Å². The van der Waals surface area contributed by atoms with Gasteiger partial charge in [0.05, 0.1) is 11.4 Å². The average molecular weight is 285 g/mol. The number of nitrogens with zero attached hydrogens (tertiary/aromatic N) is 1. The molecule has 7 nitrogen and oxygen atoms in total. The van der Waals surface area contributed by atoms with Crippen LogP contribution in [0.5, 0.6) is 5.75 Å². The highest BCUT2D eigenvalue weighted by molar-refractivity contribution is 7.89.